The van der Waals surface area contributed by atoms with Crippen LogP contribution in [0.1, 0.15) is 16.7 Å². The number of para-hydroxylation sites is 1. The maximum Gasteiger partial charge on any atom is 0.267 e. The highest BCUT2D eigenvalue weighted by Gasteiger charge is 2.42. The summed E-state index contributed by atoms with van der Waals surface area (Å²) in [5.41, 5.74) is 3.52. The molecule has 0 aliphatic carbocycles. The molecule has 3 aromatic carbocycles. The Balaban J connectivity index is 1.34. The van der Waals surface area contributed by atoms with Gasteiger partial charge in [-0.15, -0.1) is 0 Å². The minimum absolute atomic E-state index is 0.179. The fraction of sp³-hybridized carbons (Fsp3) is 0.115. The average molecular weight is 521 g/mol. The van der Waals surface area contributed by atoms with Crippen LogP contribution in [-0.2, 0) is 22.7 Å². The SMILES string of the molecule is O=C1C(=C2C(=O)N(Cc3ccccc3Cl)c3ccccc32)SC(=S)N1Cc1ccc2c(c1)OCO2. The van der Waals surface area contributed by atoms with Gasteiger partial charge in [-0.25, -0.2) is 0 Å². The van der Waals surface area contributed by atoms with Gasteiger partial charge in [0.25, 0.3) is 11.8 Å². The summed E-state index contributed by atoms with van der Waals surface area (Å²) in [5.74, 6) is 0.791. The zero-order chi connectivity index (χ0) is 24.1. The molecule has 35 heavy (non-hydrogen) atoms. The van der Waals surface area contributed by atoms with Crippen molar-refractivity contribution in [2.75, 3.05) is 11.7 Å². The van der Waals surface area contributed by atoms with E-state index in [4.69, 9.17) is 33.3 Å². The van der Waals surface area contributed by atoms with E-state index in [1.54, 1.807) is 11.0 Å². The minimum Gasteiger partial charge on any atom is -0.454 e. The number of hydrogen-bond donors (Lipinski definition) is 0. The van der Waals surface area contributed by atoms with E-state index in [1.807, 2.05) is 60.7 Å². The first-order chi connectivity index (χ1) is 17.0. The average Bonchev–Trinajstić information content (AvgIpc) is 3.51. The maximum absolute atomic E-state index is 13.7. The number of carbonyl (C=O) groups excluding carboxylic acids is 2. The molecule has 9 heteroatoms. The zero-order valence-corrected chi connectivity index (χ0v) is 20.6. The number of amides is 2. The van der Waals surface area contributed by atoms with Gasteiger partial charge in [-0.05, 0) is 35.4 Å². The number of anilines is 1. The van der Waals surface area contributed by atoms with Gasteiger partial charge in [0, 0.05) is 10.6 Å². The van der Waals surface area contributed by atoms with Gasteiger partial charge in [-0.2, -0.15) is 0 Å². The highest BCUT2D eigenvalue weighted by Crippen LogP contribution is 2.45. The third-order valence-electron chi connectivity index (χ3n) is 6.06. The lowest BCUT2D eigenvalue weighted by Gasteiger charge is -2.18. The summed E-state index contributed by atoms with van der Waals surface area (Å²) in [6, 6.07) is 20.4. The first kappa shape index (κ1) is 22.2. The van der Waals surface area contributed by atoms with Crippen LogP contribution in [-0.4, -0.2) is 27.8 Å². The molecular weight excluding hydrogens is 504 g/mol. The number of hydrogen-bond acceptors (Lipinski definition) is 6. The van der Waals surface area contributed by atoms with Crippen LogP contribution in [0.5, 0.6) is 11.5 Å². The number of benzene rings is 3. The Morgan fingerprint density at radius 2 is 1.66 bits per heavy atom. The smallest absolute Gasteiger partial charge is 0.267 e. The van der Waals surface area contributed by atoms with E-state index in [0.717, 1.165) is 28.6 Å². The quantitative estimate of drug-likeness (QED) is 0.340. The molecule has 3 aromatic rings. The Kier molecular flexibility index (Phi) is 5.51. The van der Waals surface area contributed by atoms with Crippen molar-refractivity contribution < 1.29 is 19.1 Å². The molecule has 0 spiro atoms. The van der Waals surface area contributed by atoms with E-state index in [9.17, 15) is 9.59 Å². The third-order valence-corrected chi connectivity index (χ3v) is 7.88. The van der Waals surface area contributed by atoms with E-state index in [2.05, 4.69) is 0 Å². The van der Waals surface area contributed by atoms with Gasteiger partial charge in [0.15, 0.2) is 11.5 Å². The van der Waals surface area contributed by atoms with Gasteiger partial charge in [0.05, 0.1) is 29.3 Å². The number of rotatable bonds is 4. The van der Waals surface area contributed by atoms with Crippen LogP contribution in [0.4, 0.5) is 5.69 Å². The fourth-order valence-corrected chi connectivity index (χ4v) is 5.88. The van der Waals surface area contributed by atoms with Crippen molar-refractivity contribution in [3.63, 3.8) is 0 Å². The van der Waals surface area contributed by atoms with Crippen molar-refractivity contribution >= 4 is 63.0 Å². The Labute approximate surface area is 216 Å². The van der Waals surface area contributed by atoms with E-state index in [-0.39, 0.29) is 25.2 Å². The summed E-state index contributed by atoms with van der Waals surface area (Å²) < 4.78 is 11.2. The summed E-state index contributed by atoms with van der Waals surface area (Å²) in [5, 5.41) is 0.585. The van der Waals surface area contributed by atoms with Crippen LogP contribution >= 0.6 is 35.6 Å². The molecule has 0 aromatic heterocycles. The fourth-order valence-electron chi connectivity index (χ4n) is 4.36. The number of thiocarbonyl (C=S) groups is 1. The van der Waals surface area contributed by atoms with Crippen LogP contribution in [0.3, 0.4) is 0 Å². The lowest BCUT2D eigenvalue weighted by atomic mass is 10.1. The summed E-state index contributed by atoms with van der Waals surface area (Å²) >= 11 is 13.1. The molecule has 0 unspecified atom stereocenters. The van der Waals surface area contributed by atoms with Crippen molar-refractivity contribution in [1.82, 2.24) is 4.90 Å². The molecule has 1 saturated heterocycles. The molecule has 0 N–H and O–H groups in total. The van der Waals surface area contributed by atoms with E-state index < -0.39 is 0 Å². The molecule has 6 nitrogen and oxygen atoms in total. The molecule has 0 radical (unpaired) electrons. The number of fused-ring (bicyclic) bond motifs is 2. The van der Waals surface area contributed by atoms with Gasteiger partial charge in [0.1, 0.15) is 4.32 Å². The van der Waals surface area contributed by atoms with Gasteiger partial charge in [-0.3, -0.25) is 14.5 Å². The predicted octanol–water partition coefficient (Wildman–Crippen LogP) is 5.39. The Bertz CT molecular complexity index is 1450. The molecule has 2 amide bonds. The van der Waals surface area contributed by atoms with Crippen LogP contribution in [0.2, 0.25) is 5.02 Å². The van der Waals surface area contributed by atoms with Gasteiger partial charge < -0.3 is 14.4 Å². The second-order valence-corrected chi connectivity index (χ2v) is 10.2. The van der Waals surface area contributed by atoms with Crippen LogP contribution in [0.15, 0.2) is 71.6 Å². The lowest BCUT2D eigenvalue weighted by Crippen LogP contribution is -2.29. The van der Waals surface area contributed by atoms with Crippen LogP contribution in [0.25, 0.3) is 5.57 Å². The Morgan fingerprint density at radius 1 is 0.886 bits per heavy atom. The van der Waals surface area contributed by atoms with Crippen molar-refractivity contribution in [2.24, 2.45) is 0 Å². The largest absolute Gasteiger partial charge is 0.454 e. The van der Waals surface area contributed by atoms with E-state index in [0.29, 0.717) is 43.4 Å². The first-order valence-electron chi connectivity index (χ1n) is 10.8. The third kappa shape index (κ3) is 3.78. The Hall–Kier alpha value is -3.33. The Morgan fingerprint density at radius 3 is 2.51 bits per heavy atom. The molecule has 174 valence electrons. The molecule has 0 bridgehead atoms. The molecule has 1 fully saturated rings. The van der Waals surface area contributed by atoms with E-state index >= 15 is 0 Å². The molecule has 3 aliphatic rings. The normalized spacial score (nSPS) is 18.6. The van der Waals surface area contributed by atoms with Gasteiger partial charge in [0.2, 0.25) is 6.79 Å². The van der Waals surface area contributed by atoms with Crippen LogP contribution in [0, 0.1) is 0 Å². The predicted molar refractivity (Wildman–Crippen MR) is 139 cm³/mol. The van der Waals surface area contributed by atoms with Crippen molar-refractivity contribution in [1.29, 1.82) is 0 Å². The number of thioether (sulfide) groups is 1. The topological polar surface area (TPSA) is 59.1 Å². The molecule has 3 aliphatic heterocycles. The molecule has 6 rings (SSSR count). The molecule has 0 atom stereocenters. The zero-order valence-electron chi connectivity index (χ0n) is 18.2. The van der Waals surface area contributed by atoms with Crippen molar-refractivity contribution in [3.8, 4) is 11.5 Å². The number of halogens is 1. The summed E-state index contributed by atoms with van der Waals surface area (Å²) in [7, 11) is 0. The maximum atomic E-state index is 13.7. The minimum atomic E-state index is -0.282. The van der Waals surface area contributed by atoms with Crippen molar-refractivity contribution in [3.05, 3.63) is 93.3 Å². The molecular formula is C26H17ClN2O4S2. The van der Waals surface area contributed by atoms with Gasteiger partial charge in [-0.1, -0.05) is 78.0 Å². The highest BCUT2D eigenvalue weighted by molar-refractivity contribution is 8.26. The first-order valence-corrected chi connectivity index (χ1v) is 12.4. The lowest BCUT2D eigenvalue weighted by molar-refractivity contribution is -0.122. The molecule has 3 heterocycles. The summed E-state index contributed by atoms with van der Waals surface area (Å²) in [4.78, 5) is 30.7. The second-order valence-electron chi connectivity index (χ2n) is 8.15. The van der Waals surface area contributed by atoms with Gasteiger partial charge >= 0.3 is 0 Å². The number of ether oxygens (including phenoxy) is 2. The van der Waals surface area contributed by atoms with E-state index in [1.165, 1.54) is 4.90 Å². The summed E-state index contributed by atoms with van der Waals surface area (Å²) in [6.07, 6.45) is 0. The second kappa shape index (κ2) is 8.71. The number of carbonyl (C=O) groups is 2. The standard InChI is InChI=1S/C26H17ClN2O4S2/c27-18-7-3-1-5-16(18)13-28-19-8-4-2-6-17(19)22(24(28)30)23-25(31)29(26(34)35-23)12-15-9-10-20-21(11-15)33-14-32-20/h1-11H,12-14H2. The molecule has 0 saturated carbocycles. The van der Waals surface area contributed by atoms with Crippen molar-refractivity contribution in [2.45, 2.75) is 13.1 Å². The monoisotopic (exact) mass is 520 g/mol. The summed E-state index contributed by atoms with van der Waals surface area (Å²) in [6.45, 7) is 0.756. The highest BCUT2D eigenvalue weighted by atomic mass is 35.5. The number of nitrogens with zero attached hydrogens (tertiary/aromatic N) is 2. The van der Waals surface area contributed by atoms with Crippen LogP contribution < -0.4 is 14.4 Å².